The van der Waals surface area contributed by atoms with Crippen molar-refractivity contribution >= 4 is 6.09 Å². The predicted molar refractivity (Wildman–Crippen MR) is 125 cm³/mol. The third kappa shape index (κ3) is 7.48. The van der Waals surface area contributed by atoms with Crippen LogP contribution < -0.4 is 10.5 Å². The van der Waals surface area contributed by atoms with Gasteiger partial charge in [-0.25, -0.2) is 9.18 Å². The molecule has 0 unspecified atom stereocenters. The molecule has 0 aliphatic heterocycles. The van der Waals surface area contributed by atoms with Crippen LogP contribution in [0.4, 0.5) is 9.18 Å². The second-order valence-corrected chi connectivity index (χ2v) is 8.97. The average Bonchev–Trinajstić information content (AvgIpc) is 2.78. The van der Waals surface area contributed by atoms with Gasteiger partial charge in [-0.15, -0.1) is 0 Å². The normalized spacial score (nSPS) is 14.2. The number of hydrogen-bond donors (Lipinski definition) is 1. The van der Waals surface area contributed by atoms with E-state index >= 15 is 0 Å². The minimum absolute atomic E-state index is 0.186. The maximum atomic E-state index is 13.6. The predicted octanol–water partition coefficient (Wildman–Crippen LogP) is 5.54. The van der Waals surface area contributed by atoms with Gasteiger partial charge < -0.3 is 20.1 Å². The zero-order chi connectivity index (χ0) is 23.7. The van der Waals surface area contributed by atoms with Crippen LogP contribution in [-0.4, -0.2) is 41.8 Å². The molecule has 0 saturated heterocycles. The van der Waals surface area contributed by atoms with Crippen LogP contribution in [0.5, 0.6) is 5.75 Å². The van der Waals surface area contributed by atoms with E-state index in [-0.39, 0.29) is 17.5 Å². The SMILES string of the molecule is CN(C(=O)OC(C)(C)C)C1CCCCC1.COc1ccc(-c2ccncc2F)cc1CN. The Balaban J connectivity index is 0.000000229. The van der Waals surface area contributed by atoms with Gasteiger partial charge in [-0.3, -0.25) is 4.98 Å². The minimum Gasteiger partial charge on any atom is -0.496 e. The molecular weight excluding hydrogens is 409 g/mol. The van der Waals surface area contributed by atoms with Crippen molar-refractivity contribution in [2.75, 3.05) is 14.2 Å². The molecule has 0 bridgehead atoms. The van der Waals surface area contributed by atoms with Crippen LogP contribution in [0.2, 0.25) is 0 Å². The van der Waals surface area contributed by atoms with Crippen molar-refractivity contribution in [2.24, 2.45) is 5.73 Å². The molecule has 1 heterocycles. The Morgan fingerprint density at radius 3 is 2.47 bits per heavy atom. The molecule has 1 aromatic carbocycles. The zero-order valence-corrected chi connectivity index (χ0v) is 19.9. The second kappa shape index (κ2) is 11.8. The van der Waals surface area contributed by atoms with Crippen LogP contribution >= 0.6 is 0 Å². The number of halogens is 1. The number of nitrogens with zero attached hydrogens (tertiary/aromatic N) is 2. The van der Waals surface area contributed by atoms with Crippen molar-refractivity contribution in [2.45, 2.75) is 71.1 Å². The fourth-order valence-electron chi connectivity index (χ4n) is 3.67. The van der Waals surface area contributed by atoms with E-state index in [2.05, 4.69) is 4.98 Å². The Labute approximate surface area is 190 Å². The third-order valence-electron chi connectivity index (χ3n) is 5.39. The van der Waals surface area contributed by atoms with Crippen LogP contribution in [0.3, 0.4) is 0 Å². The summed E-state index contributed by atoms with van der Waals surface area (Å²) in [6, 6.07) is 7.44. The molecular formula is C25H36FN3O3. The Bertz CT molecular complexity index is 877. The Morgan fingerprint density at radius 2 is 1.91 bits per heavy atom. The summed E-state index contributed by atoms with van der Waals surface area (Å²) in [5, 5.41) is 0. The van der Waals surface area contributed by atoms with Crippen LogP contribution in [0.15, 0.2) is 36.7 Å². The largest absolute Gasteiger partial charge is 0.496 e. The van der Waals surface area contributed by atoms with Crippen LogP contribution in [0.1, 0.15) is 58.4 Å². The van der Waals surface area contributed by atoms with Crippen molar-refractivity contribution in [1.29, 1.82) is 0 Å². The first-order chi connectivity index (χ1) is 15.2. The number of rotatable bonds is 4. The summed E-state index contributed by atoms with van der Waals surface area (Å²) >= 11 is 0. The highest BCUT2D eigenvalue weighted by atomic mass is 19.1. The highest BCUT2D eigenvalue weighted by molar-refractivity contribution is 5.68. The van der Waals surface area contributed by atoms with E-state index in [1.165, 1.54) is 25.5 Å². The van der Waals surface area contributed by atoms with Gasteiger partial charge in [0.25, 0.3) is 0 Å². The van der Waals surface area contributed by atoms with Gasteiger partial charge in [0.2, 0.25) is 0 Å². The number of hydrogen-bond acceptors (Lipinski definition) is 5. The molecule has 0 radical (unpaired) electrons. The van der Waals surface area contributed by atoms with E-state index in [4.69, 9.17) is 15.2 Å². The molecule has 2 aromatic rings. The lowest BCUT2D eigenvalue weighted by atomic mass is 9.95. The maximum Gasteiger partial charge on any atom is 0.410 e. The summed E-state index contributed by atoms with van der Waals surface area (Å²) in [7, 11) is 3.44. The summed E-state index contributed by atoms with van der Waals surface area (Å²) in [4.78, 5) is 17.3. The molecule has 1 fully saturated rings. The first-order valence-electron chi connectivity index (χ1n) is 11.1. The van der Waals surface area contributed by atoms with Gasteiger partial charge in [0.1, 0.15) is 17.2 Å². The molecule has 1 aliphatic rings. The molecule has 3 rings (SSSR count). The number of benzene rings is 1. The molecule has 2 N–H and O–H groups in total. The topological polar surface area (TPSA) is 77.7 Å². The van der Waals surface area contributed by atoms with E-state index in [9.17, 15) is 9.18 Å². The van der Waals surface area contributed by atoms with Gasteiger partial charge in [-0.2, -0.15) is 0 Å². The lowest BCUT2D eigenvalue weighted by Crippen LogP contribution is -2.41. The quantitative estimate of drug-likeness (QED) is 0.668. The summed E-state index contributed by atoms with van der Waals surface area (Å²) in [6.45, 7) is 6.06. The molecule has 32 heavy (non-hydrogen) atoms. The Kier molecular flexibility index (Phi) is 9.44. The van der Waals surface area contributed by atoms with Gasteiger partial charge in [-0.05, 0) is 57.4 Å². The molecule has 1 aliphatic carbocycles. The first kappa shape index (κ1) is 25.6. The standard InChI is InChI=1S/C13H13FN2O.C12H23NO2/c1-17-13-3-2-9(6-10(13)7-15)11-4-5-16-8-12(11)14;1-12(2,3)15-11(14)13(4)10-8-6-5-7-9-10/h2-6,8H,7,15H2,1H3;10H,5-9H2,1-4H3. The summed E-state index contributed by atoms with van der Waals surface area (Å²) < 4.78 is 24.1. The van der Waals surface area contributed by atoms with Crippen molar-refractivity contribution in [1.82, 2.24) is 9.88 Å². The van der Waals surface area contributed by atoms with Crippen molar-refractivity contribution in [3.05, 3.63) is 48.0 Å². The van der Waals surface area contributed by atoms with Crippen molar-refractivity contribution in [3.63, 3.8) is 0 Å². The third-order valence-corrected chi connectivity index (χ3v) is 5.39. The van der Waals surface area contributed by atoms with Crippen molar-refractivity contribution in [3.8, 4) is 16.9 Å². The van der Waals surface area contributed by atoms with Gasteiger partial charge in [-0.1, -0.05) is 25.3 Å². The Morgan fingerprint density at radius 1 is 1.22 bits per heavy atom. The maximum absolute atomic E-state index is 13.6. The van der Waals surface area contributed by atoms with Gasteiger partial charge in [0, 0.05) is 37.0 Å². The Hall–Kier alpha value is -2.67. The molecule has 0 spiro atoms. The lowest BCUT2D eigenvalue weighted by molar-refractivity contribution is 0.0189. The van der Waals surface area contributed by atoms with E-state index in [0.29, 0.717) is 23.9 Å². The van der Waals surface area contributed by atoms with Gasteiger partial charge >= 0.3 is 6.09 Å². The smallest absolute Gasteiger partial charge is 0.410 e. The molecule has 1 saturated carbocycles. The van der Waals surface area contributed by atoms with Gasteiger partial charge in [0.15, 0.2) is 0 Å². The van der Waals surface area contributed by atoms with Gasteiger partial charge in [0.05, 0.1) is 13.3 Å². The average molecular weight is 446 g/mol. The minimum atomic E-state index is -0.389. The summed E-state index contributed by atoms with van der Waals surface area (Å²) in [5.41, 5.74) is 7.37. The molecule has 1 aromatic heterocycles. The molecule has 1 amide bonds. The molecule has 7 heteroatoms. The number of pyridine rings is 1. The van der Waals surface area contributed by atoms with Crippen LogP contribution in [-0.2, 0) is 11.3 Å². The lowest BCUT2D eigenvalue weighted by Gasteiger charge is -2.32. The molecule has 0 atom stereocenters. The van der Waals surface area contributed by atoms with E-state index in [1.54, 1.807) is 36.4 Å². The van der Waals surface area contributed by atoms with E-state index in [0.717, 1.165) is 24.0 Å². The van der Waals surface area contributed by atoms with Crippen molar-refractivity contribution < 1.29 is 18.7 Å². The molecule has 6 nitrogen and oxygen atoms in total. The number of carbonyl (C=O) groups is 1. The molecule has 176 valence electrons. The summed E-state index contributed by atoms with van der Waals surface area (Å²) in [5.74, 6) is 0.367. The number of methoxy groups -OCH3 is 1. The highest BCUT2D eigenvalue weighted by Gasteiger charge is 2.26. The number of ether oxygens (including phenoxy) is 2. The highest BCUT2D eigenvalue weighted by Crippen LogP contribution is 2.27. The fraction of sp³-hybridized carbons (Fsp3) is 0.520. The van der Waals surface area contributed by atoms with E-state index in [1.807, 2.05) is 33.9 Å². The number of carbonyl (C=O) groups excluding carboxylic acids is 1. The van der Waals surface area contributed by atoms with E-state index < -0.39 is 0 Å². The zero-order valence-electron chi connectivity index (χ0n) is 19.9. The second-order valence-electron chi connectivity index (χ2n) is 8.97. The number of amides is 1. The number of aromatic nitrogens is 1. The fourth-order valence-corrected chi connectivity index (χ4v) is 3.67. The monoisotopic (exact) mass is 445 g/mol. The van der Waals surface area contributed by atoms with Crippen LogP contribution in [0, 0.1) is 5.82 Å². The first-order valence-corrected chi connectivity index (χ1v) is 11.1. The van der Waals surface area contributed by atoms with Crippen LogP contribution in [0.25, 0.3) is 11.1 Å². The summed E-state index contributed by atoms with van der Waals surface area (Å²) in [6.07, 6.45) is 8.58. The number of nitrogens with two attached hydrogens (primary N) is 1.